The van der Waals surface area contributed by atoms with Crippen LogP contribution in [0.15, 0.2) is 415 Å². The molecular weight excluding hydrogens is 1540 g/mol. The summed E-state index contributed by atoms with van der Waals surface area (Å²) >= 11 is 0. The van der Waals surface area contributed by atoms with Crippen molar-refractivity contribution in [2.75, 3.05) is 26.4 Å². The standard InChI is InChI=1S/2C29H24O5.2C23H20O4/c1-2-29(30)31-19-18-22-14-16-24(17-15-22)33-26-11-7-13-28(21-26)34-27-12-6-10-25(20-27)32-23-8-4-3-5-9-23;1-2-29(30)31-20-19-22-11-13-24(14-12-22)33-27-9-6-10-28(21-27)34-26-17-15-25(16-18-26)32-23-7-4-3-5-8-23;1-2-23(24)25-16-15-18-11-13-20(14-12-18)27-22-10-6-9-21(17-22)26-19-7-4-3-5-8-19;1-2-23(24)25-17-16-18-8-10-20(11-9-18)27-22-14-12-21(13-15-22)26-19-6-4-3-5-7-19/h2-17,20-21H,1,18-19H2;2-18,21H,1,19-20H2;2-14,17H,1,15-16H2;2-15H,1,16-17H2. The number of rotatable bonds is 36. The van der Waals surface area contributed by atoms with Crippen LogP contribution in [0.2, 0.25) is 0 Å². The van der Waals surface area contributed by atoms with Gasteiger partial charge in [0.25, 0.3) is 0 Å². The van der Waals surface area contributed by atoms with E-state index in [0.29, 0.717) is 115 Å². The lowest BCUT2D eigenvalue weighted by atomic mass is 10.1. The molecule has 0 aliphatic rings. The van der Waals surface area contributed by atoms with Gasteiger partial charge in [-0.3, -0.25) is 0 Å². The smallest absolute Gasteiger partial charge is 0.330 e. The first-order valence-corrected chi connectivity index (χ1v) is 38.9. The molecule has 0 unspecified atom stereocenters. The van der Waals surface area contributed by atoms with Gasteiger partial charge in [-0.05, 0) is 216 Å². The Bertz CT molecular complexity index is 5600. The van der Waals surface area contributed by atoms with E-state index in [0.717, 1.165) is 98.3 Å². The second-order valence-corrected chi connectivity index (χ2v) is 26.2. The van der Waals surface area contributed by atoms with Gasteiger partial charge >= 0.3 is 23.9 Å². The zero-order chi connectivity index (χ0) is 85.0. The van der Waals surface area contributed by atoms with Crippen LogP contribution in [0.4, 0.5) is 0 Å². The summed E-state index contributed by atoms with van der Waals surface area (Å²) in [6, 6.07) is 114. The fourth-order valence-electron chi connectivity index (χ4n) is 11.1. The third-order valence-corrected chi connectivity index (χ3v) is 17.1. The van der Waals surface area contributed by atoms with E-state index >= 15 is 0 Å². The lowest BCUT2D eigenvalue weighted by molar-refractivity contribution is -0.138. The molecule has 612 valence electrons. The molecule has 0 aromatic heterocycles. The van der Waals surface area contributed by atoms with Crippen molar-refractivity contribution >= 4 is 23.9 Å². The van der Waals surface area contributed by atoms with Crippen molar-refractivity contribution in [3.05, 3.63) is 437 Å². The van der Waals surface area contributed by atoms with Crippen molar-refractivity contribution < 1.29 is 85.5 Å². The Balaban J connectivity index is 0.000000160. The average Bonchev–Trinajstić information content (AvgIpc) is 0.808. The van der Waals surface area contributed by atoms with Gasteiger partial charge in [-0.1, -0.05) is 172 Å². The van der Waals surface area contributed by atoms with Gasteiger partial charge in [0.15, 0.2) is 0 Å². The topological polar surface area (TPSA) is 197 Å². The Hall–Kier alpha value is -16.1. The van der Waals surface area contributed by atoms with Crippen LogP contribution < -0.4 is 47.4 Å². The van der Waals surface area contributed by atoms with Crippen molar-refractivity contribution in [3.8, 4) is 115 Å². The van der Waals surface area contributed by atoms with E-state index in [1.54, 1.807) is 0 Å². The molecule has 0 spiro atoms. The van der Waals surface area contributed by atoms with Crippen LogP contribution in [0, 0.1) is 0 Å². The van der Waals surface area contributed by atoms with E-state index in [4.69, 9.17) is 66.3 Å². The number of ether oxygens (including phenoxy) is 14. The van der Waals surface area contributed by atoms with E-state index < -0.39 is 23.9 Å². The van der Waals surface area contributed by atoms with Gasteiger partial charge in [0.05, 0.1) is 26.4 Å². The highest BCUT2D eigenvalue weighted by atomic mass is 16.6. The maximum Gasteiger partial charge on any atom is 0.330 e. The number of hydrogen-bond acceptors (Lipinski definition) is 18. The lowest BCUT2D eigenvalue weighted by Crippen LogP contribution is -2.04. The van der Waals surface area contributed by atoms with Gasteiger partial charge in [0.1, 0.15) is 115 Å². The van der Waals surface area contributed by atoms with E-state index in [1.807, 2.05) is 364 Å². The molecule has 0 atom stereocenters. The number of carbonyl (C=O) groups is 4. The highest BCUT2D eigenvalue weighted by Gasteiger charge is 2.11. The molecular formula is C104H88O18. The third-order valence-electron chi connectivity index (χ3n) is 17.1. The zero-order valence-corrected chi connectivity index (χ0v) is 66.8. The first kappa shape index (κ1) is 86.8. The number of carbonyl (C=O) groups excluding carboxylic acids is 4. The zero-order valence-electron chi connectivity index (χ0n) is 66.8. The van der Waals surface area contributed by atoms with Crippen LogP contribution in [0.25, 0.3) is 0 Å². The van der Waals surface area contributed by atoms with E-state index in [9.17, 15) is 19.2 Å². The van der Waals surface area contributed by atoms with E-state index in [2.05, 4.69) is 26.3 Å². The summed E-state index contributed by atoms with van der Waals surface area (Å²) in [5, 5.41) is 0. The summed E-state index contributed by atoms with van der Waals surface area (Å²) in [5.74, 6) is 12.6. The van der Waals surface area contributed by atoms with Gasteiger partial charge in [0, 0.05) is 74.3 Å². The fourth-order valence-corrected chi connectivity index (χ4v) is 11.1. The summed E-state index contributed by atoms with van der Waals surface area (Å²) in [7, 11) is 0. The molecule has 0 N–H and O–H groups in total. The second-order valence-electron chi connectivity index (χ2n) is 26.2. The number of esters is 4. The van der Waals surface area contributed by atoms with Gasteiger partial charge in [-0.2, -0.15) is 0 Å². The van der Waals surface area contributed by atoms with Crippen LogP contribution in [0.1, 0.15) is 22.3 Å². The van der Waals surface area contributed by atoms with Crippen molar-refractivity contribution in [2.24, 2.45) is 0 Å². The summed E-state index contributed by atoms with van der Waals surface area (Å²) in [5.41, 5.74) is 4.20. The quantitative estimate of drug-likeness (QED) is 0.0204. The normalized spacial score (nSPS) is 10.2. The Kier molecular flexibility index (Phi) is 34.0. The third kappa shape index (κ3) is 31.2. The molecule has 14 rings (SSSR count). The average molecular weight is 1630 g/mol. The predicted molar refractivity (Wildman–Crippen MR) is 470 cm³/mol. The summed E-state index contributed by atoms with van der Waals surface area (Å²) < 4.78 is 78.9. The molecule has 14 aromatic carbocycles. The van der Waals surface area contributed by atoms with E-state index in [1.165, 1.54) is 0 Å². The number of benzene rings is 14. The minimum absolute atomic E-state index is 0.308. The molecule has 0 bridgehead atoms. The van der Waals surface area contributed by atoms with Crippen molar-refractivity contribution in [2.45, 2.75) is 25.7 Å². The van der Waals surface area contributed by atoms with Crippen LogP contribution in [0.3, 0.4) is 0 Å². The van der Waals surface area contributed by atoms with Gasteiger partial charge in [-0.25, -0.2) is 19.2 Å². The van der Waals surface area contributed by atoms with Crippen LogP contribution >= 0.6 is 0 Å². The molecule has 0 saturated carbocycles. The van der Waals surface area contributed by atoms with Gasteiger partial charge in [-0.15, -0.1) is 0 Å². The largest absolute Gasteiger partial charge is 0.462 e. The molecule has 18 heteroatoms. The Labute approximate surface area is 709 Å². The highest BCUT2D eigenvalue weighted by molar-refractivity contribution is 5.82. The first-order valence-electron chi connectivity index (χ1n) is 38.9. The molecule has 18 nitrogen and oxygen atoms in total. The first-order chi connectivity index (χ1) is 59.8. The van der Waals surface area contributed by atoms with Gasteiger partial charge in [0.2, 0.25) is 0 Å². The second kappa shape index (κ2) is 47.8. The van der Waals surface area contributed by atoms with Crippen molar-refractivity contribution in [1.29, 1.82) is 0 Å². The number of para-hydroxylation sites is 4. The van der Waals surface area contributed by atoms with Crippen LogP contribution in [-0.2, 0) is 63.8 Å². The monoisotopic (exact) mass is 1620 g/mol. The maximum absolute atomic E-state index is 11.1. The fraction of sp³-hybridized carbons (Fsp3) is 0.0769. The minimum Gasteiger partial charge on any atom is -0.462 e. The SMILES string of the molecule is C=CC(=O)OCCc1ccc(Oc2ccc(Oc3ccccc3)cc2)cc1.C=CC(=O)OCCc1ccc(Oc2cccc(Oc3ccc(Oc4ccccc4)cc3)c2)cc1.C=CC(=O)OCCc1ccc(Oc2cccc(Oc3cccc(Oc4ccccc4)c3)c2)cc1.C=CC(=O)OCCc1ccc(Oc2cccc(Oc3ccccc3)c2)cc1. The molecule has 14 aromatic rings. The minimum atomic E-state index is -0.419. The maximum atomic E-state index is 11.1. The Morgan fingerprint density at radius 3 is 0.467 bits per heavy atom. The molecule has 0 fully saturated rings. The van der Waals surface area contributed by atoms with Crippen molar-refractivity contribution in [3.63, 3.8) is 0 Å². The Morgan fingerprint density at radius 2 is 0.303 bits per heavy atom. The summed E-state index contributed by atoms with van der Waals surface area (Å²) in [6.45, 7) is 14.8. The lowest BCUT2D eigenvalue weighted by Gasteiger charge is -2.11. The molecule has 122 heavy (non-hydrogen) atoms. The van der Waals surface area contributed by atoms with E-state index in [-0.39, 0.29) is 0 Å². The van der Waals surface area contributed by atoms with Crippen LogP contribution in [-0.4, -0.2) is 50.3 Å². The predicted octanol–water partition coefficient (Wildman–Crippen LogP) is 25.8. The number of hydrogen-bond donors (Lipinski definition) is 0. The highest BCUT2D eigenvalue weighted by Crippen LogP contribution is 2.36. The molecule has 0 aliphatic carbocycles. The molecule has 0 saturated heterocycles. The molecule has 0 radical (unpaired) electrons. The molecule has 0 heterocycles. The summed E-state index contributed by atoms with van der Waals surface area (Å²) in [6.07, 6.45) is 7.16. The summed E-state index contributed by atoms with van der Waals surface area (Å²) in [4.78, 5) is 44.3. The Morgan fingerprint density at radius 1 is 0.172 bits per heavy atom. The van der Waals surface area contributed by atoms with Crippen molar-refractivity contribution in [1.82, 2.24) is 0 Å². The van der Waals surface area contributed by atoms with Gasteiger partial charge < -0.3 is 66.3 Å². The van der Waals surface area contributed by atoms with Crippen LogP contribution in [0.5, 0.6) is 115 Å². The molecule has 0 amide bonds. The molecule has 0 aliphatic heterocycles.